The van der Waals surface area contributed by atoms with Gasteiger partial charge in [0.2, 0.25) is 0 Å². The predicted octanol–water partition coefficient (Wildman–Crippen LogP) is 4.06. The smallest absolute Gasteiger partial charge is 0.251 e. The predicted molar refractivity (Wildman–Crippen MR) is 127 cm³/mol. The monoisotopic (exact) mass is 435 g/mol. The van der Waals surface area contributed by atoms with Crippen LogP contribution < -0.4 is 10.6 Å². The number of hydrogen-bond donors (Lipinski definition) is 3. The fourth-order valence-corrected chi connectivity index (χ4v) is 3.51. The number of rotatable bonds is 9. The SMILES string of the molecule is CC(C)CNc1nc(CCC(C)(C)O)cn2c(-c3ccc(C(=O)NC4CC4)cc3)cnc12. The number of carbonyl (C=O) groups is 1. The molecule has 0 atom stereocenters. The molecule has 2 aromatic heterocycles. The fourth-order valence-electron chi connectivity index (χ4n) is 3.51. The highest BCUT2D eigenvalue weighted by Gasteiger charge is 2.24. The van der Waals surface area contributed by atoms with Crippen LogP contribution in [-0.4, -0.2) is 43.6 Å². The van der Waals surface area contributed by atoms with Crippen LogP contribution in [0.1, 0.15) is 63.0 Å². The van der Waals surface area contributed by atoms with Crippen molar-refractivity contribution >= 4 is 17.4 Å². The van der Waals surface area contributed by atoms with Gasteiger partial charge in [0.25, 0.3) is 5.91 Å². The zero-order chi connectivity index (χ0) is 22.9. The van der Waals surface area contributed by atoms with Crippen LogP contribution in [0.2, 0.25) is 0 Å². The Morgan fingerprint density at radius 1 is 1.25 bits per heavy atom. The molecule has 32 heavy (non-hydrogen) atoms. The van der Waals surface area contributed by atoms with E-state index < -0.39 is 5.60 Å². The van der Waals surface area contributed by atoms with Crippen molar-refractivity contribution in [2.45, 2.75) is 65.0 Å². The first kappa shape index (κ1) is 22.3. The average Bonchev–Trinajstić information content (AvgIpc) is 3.45. The lowest BCUT2D eigenvalue weighted by molar-refractivity contribution is 0.0711. The maximum absolute atomic E-state index is 12.3. The molecule has 7 heteroatoms. The summed E-state index contributed by atoms with van der Waals surface area (Å²) in [4.78, 5) is 21.7. The molecule has 0 aliphatic heterocycles. The van der Waals surface area contributed by atoms with Crippen LogP contribution in [0.25, 0.3) is 16.9 Å². The van der Waals surface area contributed by atoms with Gasteiger partial charge in [-0.25, -0.2) is 9.97 Å². The van der Waals surface area contributed by atoms with Crippen LogP contribution >= 0.6 is 0 Å². The molecular formula is C25H33N5O2. The second kappa shape index (κ2) is 8.90. The maximum atomic E-state index is 12.3. The molecule has 2 heterocycles. The molecule has 3 aromatic rings. The normalized spacial score (nSPS) is 14.2. The van der Waals surface area contributed by atoms with Gasteiger partial charge in [0, 0.05) is 29.9 Å². The number of hydrogen-bond acceptors (Lipinski definition) is 5. The molecule has 1 aromatic carbocycles. The Labute approximate surface area is 189 Å². The fraction of sp³-hybridized carbons (Fsp3) is 0.480. The summed E-state index contributed by atoms with van der Waals surface area (Å²) in [6.07, 6.45) is 7.26. The van der Waals surface area contributed by atoms with E-state index >= 15 is 0 Å². The van der Waals surface area contributed by atoms with Crippen molar-refractivity contribution in [3.05, 3.63) is 47.9 Å². The lowest BCUT2D eigenvalue weighted by Crippen LogP contribution is -2.25. The van der Waals surface area contributed by atoms with Crippen molar-refractivity contribution < 1.29 is 9.90 Å². The first-order chi connectivity index (χ1) is 15.2. The van der Waals surface area contributed by atoms with Crippen LogP contribution in [0.3, 0.4) is 0 Å². The summed E-state index contributed by atoms with van der Waals surface area (Å²) < 4.78 is 2.05. The minimum Gasteiger partial charge on any atom is -0.390 e. The van der Waals surface area contributed by atoms with Crippen molar-refractivity contribution in [3.8, 4) is 11.3 Å². The number of benzene rings is 1. The molecule has 170 valence electrons. The van der Waals surface area contributed by atoms with E-state index in [1.54, 1.807) is 0 Å². The van der Waals surface area contributed by atoms with E-state index in [-0.39, 0.29) is 5.91 Å². The van der Waals surface area contributed by atoms with Crippen LogP contribution in [0.5, 0.6) is 0 Å². The van der Waals surface area contributed by atoms with Gasteiger partial charge in [-0.05, 0) is 57.6 Å². The quantitative estimate of drug-likeness (QED) is 0.471. The van der Waals surface area contributed by atoms with Gasteiger partial charge < -0.3 is 15.7 Å². The Kier molecular flexibility index (Phi) is 6.20. The highest BCUT2D eigenvalue weighted by atomic mass is 16.3. The molecule has 1 saturated carbocycles. The molecule has 0 unspecified atom stereocenters. The average molecular weight is 436 g/mol. The molecule has 0 bridgehead atoms. The molecule has 0 radical (unpaired) electrons. The second-order valence-electron chi connectivity index (χ2n) is 9.83. The highest BCUT2D eigenvalue weighted by molar-refractivity contribution is 5.95. The van der Waals surface area contributed by atoms with Gasteiger partial charge in [-0.3, -0.25) is 9.20 Å². The minimum atomic E-state index is -0.753. The van der Waals surface area contributed by atoms with Crippen molar-refractivity contribution in [1.29, 1.82) is 0 Å². The van der Waals surface area contributed by atoms with Crippen LogP contribution in [0, 0.1) is 5.92 Å². The van der Waals surface area contributed by atoms with Gasteiger partial charge in [0.15, 0.2) is 11.5 Å². The van der Waals surface area contributed by atoms with E-state index in [2.05, 4.69) is 33.9 Å². The molecule has 1 fully saturated rings. The van der Waals surface area contributed by atoms with Crippen molar-refractivity contribution in [3.63, 3.8) is 0 Å². The third-order valence-electron chi connectivity index (χ3n) is 5.57. The van der Waals surface area contributed by atoms with E-state index in [9.17, 15) is 9.90 Å². The molecule has 1 amide bonds. The van der Waals surface area contributed by atoms with Crippen LogP contribution in [-0.2, 0) is 6.42 Å². The standard InChI is InChI=1S/C25H33N5O2/c1-16(2)13-26-22-23-27-14-21(30(23)15-20(28-22)11-12-25(3,4)32)17-5-7-18(8-6-17)24(31)29-19-9-10-19/h5-8,14-16,19,32H,9-13H2,1-4H3,(H,26,28)(H,29,31). The number of aromatic nitrogens is 3. The number of fused-ring (bicyclic) bond motifs is 1. The third kappa shape index (κ3) is 5.46. The number of amides is 1. The number of anilines is 1. The zero-order valence-electron chi connectivity index (χ0n) is 19.4. The summed E-state index contributed by atoms with van der Waals surface area (Å²) in [6, 6.07) is 7.99. The van der Waals surface area contributed by atoms with E-state index in [0.29, 0.717) is 30.4 Å². The van der Waals surface area contributed by atoms with Crippen LogP contribution in [0.15, 0.2) is 36.7 Å². The number of nitrogens with one attached hydrogen (secondary N) is 2. The van der Waals surface area contributed by atoms with E-state index in [1.165, 1.54) is 0 Å². The summed E-state index contributed by atoms with van der Waals surface area (Å²) in [5.41, 5.74) is 3.50. The molecule has 7 nitrogen and oxygen atoms in total. The van der Waals surface area contributed by atoms with E-state index in [1.807, 2.05) is 50.5 Å². The molecule has 1 aliphatic carbocycles. The number of carbonyl (C=O) groups excluding carboxylic acids is 1. The van der Waals surface area contributed by atoms with Crippen LogP contribution in [0.4, 0.5) is 5.82 Å². The third-order valence-corrected chi connectivity index (χ3v) is 5.57. The minimum absolute atomic E-state index is 0.0181. The molecule has 0 saturated heterocycles. The first-order valence-electron chi connectivity index (χ1n) is 11.4. The van der Waals surface area contributed by atoms with Gasteiger partial charge in [0.05, 0.1) is 23.2 Å². The Hall–Kier alpha value is -2.93. The number of aliphatic hydroxyl groups is 1. The van der Waals surface area contributed by atoms with Gasteiger partial charge in [-0.1, -0.05) is 26.0 Å². The molecule has 1 aliphatic rings. The molecule has 4 rings (SSSR count). The first-order valence-corrected chi connectivity index (χ1v) is 11.4. The topological polar surface area (TPSA) is 91.5 Å². The molecular weight excluding hydrogens is 402 g/mol. The van der Waals surface area contributed by atoms with Gasteiger partial charge >= 0.3 is 0 Å². The number of aryl methyl sites for hydroxylation is 1. The Balaban J connectivity index is 1.66. The zero-order valence-corrected chi connectivity index (χ0v) is 19.4. The van der Waals surface area contributed by atoms with Crippen molar-refractivity contribution in [2.75, 3.05) is 11.9 Å². The summed E-state index contributed by atoms with van der Waals surface area (Å²) in [7, 11) is 0. The van der Waals surface area contributed by atoms with Gasteiger partial charge in [-0.15, -0.1) is 0 Å². The van der Waals surface area contributed by atoms with Gasteiger partial charge in [-0.2, -0.15) is 0 Å². The Morgan fingerprint density at radius 2 is 1.97 bits per heavy atom. The number of imidazole rings is 1. The summed E-state index contributed by atoms with van der Waals surface area (Å²) in [6.45, 7) is 8.73. The van der Waals surface area contributed by atoms with Crippen molar-refractivity contribution in [2.24, 2.45) is 5.92 Å². The maximum Gasteiger partial charge on any atom is 0.251 e. The Bertz CT molecular complexity index is 1090. The summed E-state index contributed by atoms with van der Waals surface area (Å²) in [5.74, 6) is 1.20. The lowest BCUT2D eigenvalue weighted by Gasteiger charge is -2.17. The number of nitrogens with zero attached hydrogens (tertiary/aromatic N) is 3. The second-order valence-corrected chi connectivity index (χ2v) is 9.83. The lowest BCUT2D eigenvalue weighted by atomic mass is 10.0. The van der Waals surface area contributed by atoms with Crippen molar-refractivity contribution in [1.82, 2.24) is 19.7 Å². The largest absolute Gasteiger partial charge is 0.390 e. The summed E-state index contributed by atoms with van der Waals surface area (Å²) in [5, 5.41) is 16.6. The summed E-state index contributed by atoms with van der Waals surface area (Å²) >= 11 is 0. The molecule has 3 N–H and O–H groups in total. The van der Waals surface area contributed by atoms with E-state index in [4.69, 9.17) is 4.98 Å². The highest BCUT2D eigenvalue weighted by Crippen LogP contribution is 2.26. The van der Waals surface area contributed by atoms with E-state index in [0.717, 1.165) is 47.8 Å². The molecule has 0 spiro atoms. The Morgan fingerprint density at radius 3 is 2.59 bits per heavy atom. The van der Waals surface area contributed by atoms with Gasteiger partial charge in [0.1, 0.15) is 0 Å².